The molecule has 2 amide bonds. The van der Waals surface area contributed by atoms with Gasteiger partial charge in [-0.15, -0.1) is 0 Å². The van der Waals surface area contributed by atoms with Gasteiger partial charge in [-0.25, -0.2) is 13.8 Å². The van der Waals surface area contributed by atoms with Crippen LogP contribution in [0.25, 0.3) is 11.3 Å². The Morgan fingerprint density at radius 3 is 2.61 bits per heavy atom. The van der Waals surface area contributed by atoms with Crippen LogP contribution < -0.4 is 5.32 Å². The zero-order valence-corrected chi connectivity index (χ0v) is 17.1. The van der Waals surface area contributed by atoms with Crippen LogP contribution in [0.15, 0.2) is 59.1 Å². The number of aryl methyl sites for hydroxylation is 1. The van der Waals surface area contributed by atoms with Crippen LogP contribution in [0, 0.1) is 11.6 Å². The summed E-state index contributed by atoms with van der Waals surface area (Å²) < 4.78 is 32.3. The average molecular weight is 427 g/mol. The minimum absolute atomic E-state index is 0.0595. The molecule has 0 saturated carbocycles. The minimum Gasteiger partial charge on any atom is -0.441 e. The second-order valence-electron chi connectivity index (χ2n) is 6.91. The molecule has 0 aliphatic rings. The van der Waals surface area contributed by atoms with Crippen LogP contribution in [0.2, 0.25) is 0 Å². The van der Waals surface area contributed by atoms with Crippen molar-refractivity contribution >= 4 is 11.8 Å². The van der Waals surface area contributed by atoms with Gasteiger partial charge < -0.3 is 14.6 Å². The number of carbonyl (C=O) groups is 2. The van der Waals surface area contributed by atoms with Crippen LogP contribution in [0.5, 0.6) is 0 Å². The van der Waals surface area contributed by atoms with E-state index in [1.807, 2.05) is 37.3 Å². The highest BCUT2D eigenvalue weighted by Gasteiger charge is 2.15. The van der Waals surface area contributed by atoms with E-state index in [9.17, 15) is 18.4 Å². The van der Waals surface area contributed by atoms with E-state index >= 15 is 0 Å². The fourth-order valence-electron chi connectivity index (χ4n) is 3.01. The third-order valence-corrected chi connectivity index (χ3v) is 4.70. The average Bonchev–Trinajstić information content (AvgIpc) is 3.23. The molecule has 0 atom stereocenters. The maximum absolute atomic E-state index is 13.8. The van der Waals surface area contributed by atoms with Gasteiger partial charge in [0.05, 0.1) is 18.3 Å². The summed E-state index contributed by atoms with van der Waals surface area (Å²) in [4.78, 5) is 30.2. The molecule has 1 aromatic heterocycles. The summed E-state index contributed by atoms with van der Waals surface area (Å²) in [6.07, 6.45) is 1.57. The maximum atomic E-state index is 13.8. The van der Waals surface area contributed by atoms with Crippen LogP contribution in [0.1, 0.15) is 24.8 Å². The summed E-state index contributed by atoms with van der Waals surface area (Å²) in [6, 6.07) is 12.8. The topological polar surface area (TPSA) is 75.4 Å². The zero-order chi connectivity index (χ0) is 22.2. The molecule has 0 saturated heterocycles. The number of benzene rings is 2. The van der Waals surface area contributed by atoms with Crippen molar-refractivity contribution in [3.05, 3.63) is 77.8 Å². The lowest BCUT2D eigenvalue weighted by Gasteiger charge is -2.21. The van der Waals surface area contributed by atoms with E-state index in [1.165, 1.54) is 12.3 Å². The first kappa shape index (κ1) is 22.1. The smallest absolute Gasteiger partial charge is 0.242 e. The van der Waals surface area contributed by atoms with E-state index in [2.05, 4.69) is 10.3 Å². The molecule has 162 valence electrons. The Morgan fingerprint density at radius 1 is 1.13 bits per heavy atom. The molecule has 31 heavy (non-hydrogen) atoms. The van der Waals surface area contributed by atoms with Gasteiger partial charge in [-0.2, -0.15) is 0 Å². The van der Waals surface area contributed by atoms with Crippen molar-refractivity contribution in [1.29, 1.82) is 0 Å². The molecule has 1 N–H and O–H groups in total. The van der Waals surface area contributed by atoms with Gasteiger partial charge in [-0.1, -0.05) is 30.3 Å². The first-order chi connectivity index (χ1) is 15.0. The van der Waals surface area contributed by atoms with Crippen molar-refractivity contribution < 1.29 is 22.8 Å². The van der Waals surface area contributed by atoms with Crippen LogP contribution in [0.4, 0.5) is 8.78 Å². The summed E-state index contributed by atoms with van der Waals surface area (Å²) >= 11 is 0. The molecule has 0 fully saturated rings. The van der Waals surface area contributed by atoms with Crippen LogP contribution in [0.3, 0.4) is 0 Å². The molecule has 0 aliphatic carbocycles. The predicted octanol–water partition coefficient (Wildman–Crippen LogP) is 3.72. The van der Waals surface area contributed by atoms with Crippen LogP contribution >= 0.6 is 0 Å². The number of halogens is 2. The second kappa shape index (κ2) is 10.5. The van der Waals surface area contributed by atoms with Gasteiger partial charge in [0.2, 0.25) is 11.8 Å². The summed E-state index contributed by atoms with van der Waals surface area (Å²) in [5, 5.41) is 2.61. The monoisotopic (exact) mass is 427 g/mol. The molecule has 0 spiro atoms. The fraction of sp³-hybridized carbons (Fsp3) is 0.261. The number of carbonyl (C=O) groups excluding carboxylic acids is 2. The number of nitrogens with zero attached hydrogens (tertiary/aromatic N) is 2. The van der Waals surface area contributed by atoms with E-state index in [0.717, 1.165) is 17.7 Å². The molecule has 2 aromatic carbocycles. The Bertz CT molecular complexity index is 1040. The first-order valence-corrected chi connectivity index (χ1v) is 9.94. The lowest BCUT2D eigenvalue weighted by atomic mass is 10.2. The molecule has 0 bridgehead atoms. The Balaban J connectivity index is 1.47. The molecule has 0 aliphatic heterocycles. The van der Waals surface area contributed by atoms with Crippen molar-refractivity contribution in [2.45, 2.75) is 26.3 Å². The number of rotatable bonds is 9. The Hall–Kier alpha value is -3.55. The molecule has 1 heterocycles. The van der Waals surface area contributed by atoms with Gasteiger partial charge in [0.15, 0.2) is 11.7 Å². The van der Waals surface area contributed by atoms with Crippen LogP contribution in [-0.2, 0) is 22.6 Å². The van der Waals surface area contributed by atoms with E-state index in [-0.39, 0.29) is 48.4 Å². The number of amides is 2. The predicted molar refractivity (Wildman–Crippen MR) is 111 cm³/mol. The molecule has 3 rings (SSSR count). The third-order valence-electron chi connectivity index (χ3n) is 4.70. The number of aromatic nitrogens is 1. The van der Waals surface area contributed by atoms with Gasteiger partial charge in [-0.3, -0.25) is 9.59 Å². The largest absolute Gasteiger partial charge is 0.441 e. The molecule has 8 heteroatoms. The zero-order valence-electron chi connectivity index (χ0n) is 17.1. The normalized spacial score (nSPS) is 10.7. The SMILES string of the molecule is CCN(Cc1ccccc1)C(=O)CNC(=O)CCc1ncc(-c2ccc(F)cc2F)o1. The number of hydrogen-bond donors (Lipinski definition) is 1. The molecule has 3 aromatic rings. The van der Waals surface area contributed by atoms with Crippen molar-refractivity contribution in [2.24, 2.45) is 0 Å². The number of nitrogens with one attached hydrogen (secondary N) is 1. The molecular formula is C23H23F2N3O3. The first-order valence-electron chi connectivity index (χ1n) is 9.94. The Kier molecular flexibility index (Phi) is 7.48. The standard InChI is InChI=1S/C23H23F2N3O3/c1-2-28(15-16-6-4-3-5-7-16)23(30)14-26-21(29)10-11-22-27-13-20(31-22)18-9-8-17(24)12-19(18)25/h3-9,12-13H,2,10-11,14-15H2,1H3,(H,26,29). The van der Waals surface area contributed by atoms with Gasteiger partial charge in [0.25, 0.3) is 0 Å². The highest BCUT2D eigenvalue weighted by atomic mass is 19.1. The van der Waals surface area contributed by atoms with Gasteiger partial charge in [0, 0.05) is 32.0 Å². The van der Waals surface area contributed by atoms with Crippen molar-refractivity contribution in [3.8, 4) is 11.3 Å². The highest BCUT2D eigenvalue weighted by Crippen LogP contribution is 2.24. The van der Waals surface area contributed by atoms with Crippen molar-refractivity contribution in [1.82, 2.24) is 15.2 Å². The third kappa shape index (κ3) is 6.21. The molecule has 6 nitrogen and oxygen atoms in total. The summed E-state index contributed by atoms with van der Waals surface area (Å²) in [7, 11) is 0. The summed E-state index contributed by atoms with van der Waals surface area (Å²) in [6.45, 7) is 2.79. The van der Waals surface area contributed by atoms with E-state index in [1.54, 1.807) is 4.90 Å². The molecule has 0 radical (unpaired) electrons. The lowest BCUT2D eigenvalue weighted by Crippen LogP contribution is -2.39. The number of oxazole rings is 1. The maximum Gasteiger partial charge on any atom is 0.242 e. The van der Waals surface area contributed by atoms with Gasteiger partial charge in [0.1, 0.15) is 11.6 Å². The van der Waals surface area contributed by atoms with Crippen molar-refractivity contribution in [2.75, 3.05) is 13.1 Å². The van der Waals surface area contributed by atoms with Crippen LogP contribution in [-0.4, -0.2) is 34.8 Å². The summed E-state index contributed by atoms with van der Waals surface area (Å²) in [5.74, 6) is -1.53. The fourth-order valence-corrected chi connectivity index (χ4v) is 3.01. The quantitative estimate of drug-likeness (QED) is 0.565. The van der Waals surface area contributed by atoms with Crippen molar-refractivity contribution in [3.63, 3.8) is 0 Å². The second-order valence-corrected chi connectivity index (χ2v) is 6.91. The molecule has 0 unspecified atom stereocenters. The van der Waals surface area contributed by atoms with E-state index < -0.39 is 11.6 Å². The minimum atomic E-state index is -0.755. The Labute approximate surface area is 178 Å². The Morgan fingerprint density at radius 2 is 1.90 bits per heavy atom. The molecular weight excluding hydrogens is 404 g/mol. The van der Waals surface area contributed by atoms with Gasteiger partial charge >= 0.3 is 0 Å². The van der Waals surface area contributed by atoms with Gasteiger partial charge in [-0.05, 0) is 24.6 Å². The van der Waals surface area contributed by atoms with E-state index in [0.29, 0.717) is 13.1 Å². The number of likely N-dealkylation sites (N-methyl/N-ethyl adjacent to an activating group) is 1. The lowest BCUT2D eigenvalue weighted by molar-refractivity contribution is -0.133. The highest BCUT2D eigenvalue weighted by molar-refractivity contribution is 5.84. The van der Waals surface area contributed by atoms with E-state index in [4.69, 9.17) is 4.42 Å². The summed E-state index contributed by atoms with van der Waals surface area (Å²) in [5.41, 5.74) is 1.11. The number of hydrogen-bond acceptors (Lipinski definition) is 4.